The minimum absolute atomic E-state index is 0.0404. The smallest absolute Gasteiger partial charge is 0.345 e. The fourth-order valence-corrected chi connectivity index (χ4v) is 4.29. The molecule has 0 spiro atoms. The van der Waals surface area contributed by atoms with Crippen molar-refractivity contribution in [2.75, 3.05) is 39.8 Å². The summed E-state index contributed by atoms with van der Waals surface area (Å²) < 4.78 is 8.63. The molecule has 0 bridgehead atoms. The molecule has 8 heteroatoms. The fourth-order valence-electron chi connectivity index (χ4n) is 4.29. The van der Waals surface area contributed by atoms with Crippen LogP contribution in [0.3, 0.4) is 0 Å². The van der Waals surface area contributed by atoms with Crippen LogP contribution >= 0.6 is 0 Å². The van der Waals surface area contributed by atoms with Gasteiger partial charge in [-0.15, -0.1) is 0 Å². The number of benzene rings is 1. The molecule has 4 rings (SSSR count). The van der Waals surface area contributed by atoms with Gasteiger partial charge in [-0.3, -0.25) is 14.3 Å². The first-order valence-corrected chi connectivity index (χ1v) is 10.9. The Balaban J connectivity index is 1.19. The number of hydrogen-bond acceptors (Lipinski definition) is 5. The lowest BCUT2D eigenvalue weighted by atomic mass is 10.1. The monoisotopic (exact) mass is 413 g/mol. The maximum absolute atomic E-state index is 12.6. The third kappa shape index (κ3) is 4.75. The minimum Gasteiger partial charge on any atom is -0.497 e. The number of amides is 1. The summed E-state index contributed by atoms with van der Waals surface area (Å²) in [6, 6.07) is 7.68. The van der Waals surface area contributed by atoms with E-state index in [0.717, 1.165) is 82.1 Å². The van der Waals surface area contributed by atoms with Crippen molar-refractivity contribution in [3.63, 3.8) is 0 Å². The number of aryl methyl sites for hydroxylation is 2. The number of fused-ring (bicyclic) bond motifs is 1. The first kappa shape index (κ1) is 20.7. The molecule has 0 N–H and O–H groups in total. The Morgan fingerprint density at radius 3 is 2.50 bits per heavy atom. The molecule has 0 atom stereocenters. The van der Waals surface area contributed by atoms with Crippen LogP contribution in [0.1, 0.15) is 30.7 Å². The van der Waals surface area contributed by atoms with Crippen molar-refractivity contribution in [3.8, 4) is 5.75 Å². The van der Waals surface area contributed by atoms with E-state index in [4.69, 9.17) is 4.74 Å². The zero-order chi connectivity index (χ0) is 20.9. The van der Waals surface area contributed by atoms with Gasteiger partial charge in [-0.2, -0.15) is 5.10 Å². The maximum atomic E-state index is 12.6. The molecule has 3 heterocycles. The van der Waals surface area contributed by atoms with Gasteiger partial charge in [0.15, 0.2) is 0 Å². The largest absolute Gasteiger partial charge is 0.497 e. The second-order valence-corrected chi connectivity index (χ2v) is 8.13. The molecule has 0 radical (unpaired) electrons. The van der Waals surface area contributed by atoms with Crippen molar-refractivity contribution in [2.45, 2.75) is 45.2 Å². The van der Waals surface area contributed by atoms with E-state index in [9.17, 15) is 9.59 Å². The highest BCUT2D eigenvalue weighted by molar-refractivity contribution is 5.78. The summed E-state index contributed by atoms with van der Waals surface area (Å²) in [7, 11) is 1.64. The molecule has 2 aromatic rings. The van der Waals surface area contributed by atoms with E-state index in [2.05, 4.69) is 10.00 Å². The van der Waals surface area contributed by atoms with Crippen LogP contribution in [0.25, 0.3) is 0 Å². The van der Waals surface area contributed by atoms with Crippen LogP contribution in [0.5, 0.6) is 5.75 Å². The zero-order valence-electron chi connectivity index (χ0n) is 17.8. The van der Waals surface area contributed by atoms with Gasteiger partial charge in [-0.1, -0.05) is 12.1 Å². The molecule has 162 valence electrons. The summed E-state index contributed by atoms with van der Waals surface area (Å²) in [5.74, 6) is 1.92. The molecule has 0 aliphatic carbocycles. The molecule has 0 saturated carbocycles. The van der Waals surface area contributed by atoms with Gasteiger partial charge in [0.05, 0.1) is 13.5 Å². The molecular formula is C22H31N5O3. The van der Waals surface area contributed by atoms with Gasteiger partial charge in [0.2, 0.25) is 5.91 Å². The zero-order valence-corrected chi connectivity index (χ0v) is 17.8. The number of carbonyl (C=O) groups excluding carboxylic acids is 1. The lowest BCUT2D eigenvalue weighted by Gasteiger charge is -2.34. The van der Waals surface area contributed by atoms with Gasteiger partial charge in [0.25, 0.3) is 0 Å². The Bertz CT molecular complexity index is 910. The van der Waals surface area contributed by atoms with Gasteiger partial charge < -0.3 is 9.64 Å². The lowest BCUT2D eigenvalue weighted by Crippen LogP contribution is -2.49. The van der Waals surface area contributed by atoms with E-state index in [1.165, 1.54) is 0 Å². The minimum atomic E-state index is 0.0404. The summed E-state index contributed by atoms with van der Waals surface area (Å²) in [6.07, 6.45) is 4.43. The molecule has 0 unspecified atom stereocenters. The summed E-state index contributed by atoms with van der Waals surface area (Å²) in [5.41, 5.74) is 1.05. The van der Waals surface area contributed by atoms with Crippen molar-refractivity contribution in [1.29, 1.82) is 0 Å². The summed E-state index contributed by atoms with van der Waals surface area (Å²) in [4.78, 5) is 29.3. The van der Waals surface area contributed by atoms with Crippen LogP contribution in [-0.2, 0) is 30.7 Å². The van der Waals surface area contributed by atoms with Crippen molar-refractivity contribution in [2.24, 2.45) is 0 Å². The number of rotatable bonds is 7. The highest BCUT2D eigenvalue weighted by atomic mass is 16.5. The van der Waals surface area contributed by atoms with E-state index in [-0.39, 0.29) is 11.6 Å². The number of nitrogens with zero attached hydrogens (tertiary/aromatic N) is 5. The van der Waals surface area contributed by atoms with Gasteiger partial charge in [0.1, 0.15) is 11.6 Å². The van der Waals surface area contributed by atoms with Crippen LogP contribution in [0.15, 0.2) is 29.1 Å². The number of carbonyl (C=O) groups is 1. The molecule has 2 aliphatic heterocycles. The number of piperazine rings is 1. The van der Waals surface area contributed by atoms with E-state index in [1.54, 1.807) is 11.8 Å². The summed E-state index contributed by atoms with van der Waals surface area (Å²) in [5, 5.41) is 4.51. The van der Waals surface area contributed by atoms with E-state index < -0.39 is 0 Å². The quantitative estimate of drug-likeness (QED) is 0.681. The third-order valence-corrected chi connectivity index (χ3v) is 6.12. The van der Waals surface area contributed by atoms with Crippen LogP contribution in [-0.4, -0.2) is 69.9 Å². The Hall–Kier alpha value is -2.61. The van der Waals surface area contributed by atoms with E-state index >= 15 is 0 Å². The molecule has 2 aliphatic rings. The van der Waals surface area contributed by atoms with Gasteiger partial charge in [0, 0.05) is 52.2 Å². The Morgan fingerprint density at radius 2 is 1.80 bits per heavy atom. The standard InChI is InChI=1S/C22H31N5O3/c1-30-19-8-6-18(7-9-19)17-21(28)25-15-13-24(14-16-25)10-4-12-27-22(29)26-11-3-2-5-20(26)23-27/h6-9H,2-5,10-17H2,1H3. The van der Waals surface area contributed by atoms with Gasteiger partial charge in [-0.05, 0) is 37.0 Å². The van der Waals surface area contributed by atoms with Crippen molar-refractivity contribution < 1.29 is 9.53 Å². The number of aromatic nitrogens is 3. The van der Waals surface area contributed by atoms with Crippen molar-refractivity contribution in [1.82, 2.24) is 24.1 Å². The average Bonchev–Trinajstić information content (AvgIpc) is 3.10. The molecule has 1 aromatic heterocycles. The van der Waals surface area contributed by atoms with Crippen LogP contribution < -0.4 is 10.4 Å². The SMILES string of the molecule is COc1ccc(CC(=O)N2CCN(CCCn3nc4n(c3=O)CCCC4)CC2)cc1. The highest BCUT2D eigenvalue weighted by Crippen LogP contribution is 2.13. The second-order valence-electron chi connectivity index (χ2n) is 8.13. The predicted molar refractivity (Wildman–Crippen MR) is 114 cm³/mol. The summed E-state index contributed by atoms with van der Waals surface area (Å²) in [6.45, 7) is 5.67. The molecule has 1 fully saturated rings. The summed E-state index contributed by atoms with van der Waals surface area (Å²) >= 11 is 0. The van der Waals surface area contributed by atoms with Gasteiger partial charge in [-0.25, -0.2) is 9.48 Å². The third-order valence-electron chi connectivity index (χ3n) is 6.12. The number of hydrogen-bond donors (Lipinski definition) is 0. The van der Waals surface area contributed by atoms with Crippen molar-refractivity contribution >= 4 is 5.91 Å². The topological polar surface area (TPSA) is 72.6 Å². The Kier molecular flexibility index (Phi) is 6.52. The van der Waals surface area contributed by atoms with Gasteiger partial charge >= 0.3 is 5.69 Å². The normalized spacial score (nSPS) is 17.0. The lowest BCUT2D eigenvalue weighted by molar-refractivity contribution is -0.132. The molecule has 1 amide bonds. The molecule has 1 saturated heterocycles. The molecular weight excluding hydrogens is 382 g/mol. The Labute approximate surface area is 177 Å². The van der Waals surface area contributed by atoms with E-state index in [1.807, 2.05) is 33.7 Å². The predicted octanol–water partition coefficient (Wildman–Crippen LogP) is 1.17. The second kappa shape index (κ2) is 9.47. The molecule has 30 heavy (non-hydrogen) atoms. The number of ether oxygens (including phenoxy) is 1. The average molecular weight is 414 g/mol. The fraction of sp³-hybridized carbons (Fsp3) is 0.591. The number of methoxy groups -OCH3 is 1. The first-order valence-electron chi connectivity index (χ1n) is 10.9. The first-order chi connectivity index (χ1) is 14.6. The van der Waals surface area contributed by atoms with Crippen LogP contribution in [0.4, 0.5) is 0 Å². The van der Waals surface area contributed by atoms with E-state index in [0.29, 0.717) is 13.0 Å². The van der Waals surface area contributed by atoms with Crippen molar-refractivity contribution in [3.05, 3.63) is 46.1 Å². The Morgan fingerprint density at radius 1 is 1.03 bits per heavy atom. The highest BCUT2D eigenvalue weighted by Gasteiger charge is 2.21. The van der Waals surface area contributed by atoms with Crippen LogP contribution in [0, 0.1) is 0 Å². The maximum Gasteiger partial charge on any atom is 0.345 e. The molecule has 8 nitrogen and oxygen atoms in total. The molecule has 1 aromatic carbocycles. The van der Waals surface area contributed by atoms with Crippen LogP contribution in [0.2, 0.25) is 0 Å².